The van der Waals surface area contributed by atoms with Crippen LogP contribution in [0.1, 0.15) is 12.0 Å². The largest absolute Gasteiger partial charge is 0.481 e. The van der Waals surface area contributed by atoms with Gasteiger partial charge in [-0.1, -0.05) is 29.3 Å². The number of nitrogens with one attached hydrogen (secondary N) is 1. The van der Waals surface area contributed by atoms with E-state index in [-0.39, 0.29) is 18.4 Å². The average Bonchev–Trinajstić information content (AvgIpc) is 2.37. The van der Waals surface area contributed by atoms with Gasteiger partial charge in [0.15, 0.2) is 0 Å². The normalized spacial score (nSPS) is 18.8. The Bertz CT molecular complexity index is 536. The highest BCUT2D eigenvalue weighted by molar-refractivity contribution is 6.42. The highest BCUT2D eigenvalue weighted by Crippen LogP contribution is 2.24. The maximum atomic E-state index is 11.8. The molecule has 1 fully saturated rings. The summed E-state index contributed by atoms with van der Waals surface area (Å²) in [5.74, 6) is -0.950. The van der Waals surface area contributed by atoms with Crippen molar-refractivity contribution in [2.24, 2.45) is 5.92 Å². The monoisotopic (exact) mass is 316 g/mol. The van der Waals surface area contributed by atoms with E-state index in [1.165, 1.54) is 0 Å². The van der Waals surface area contributed by atoms with Gasteiger partial charge in [-0.15, -0.1) is 0 Å². The van der Waals surface area contributed by atoms with Crippen LogP contribution in [-0.2, 0) is 11.3 Å². The molecule has 1 aliphatic heterocycles. The first-order valence-corrected chi connectivity index (χ1v) is 6.90. The zero-order valence-corrected chi connectivity index (χ0v) is 12.1. The van der Waals surface area contributed by atoms with Crippen molar-refractivity contribution >= 4 is 35.2 Å². The lowest BCUT2D eigenvalue weighted by Gasteiger charge is -2.32. The number of halogens is 2. The first kappa shape index (κ1) is 14.9. The number of amides is 2. The van der Waals surface area contributed by atoms with Gasteiger partial charge in [0, 0.05) is 25.6 Å². The van der Waals surface area contributed by atoms with Crippen LogP contribution in [0.3, 0.4) is 0 Å². The van der Waals surface area contributed by atoms with Crippen molar-refractivity contribution in [2.45, 2.75) is 13.0 Å². The fourth-order valence-corrected chi connectivity index (χ4v) is 2.50. The van der Waals surface area contributed by atoms with Gasteiger partial charge >= 0.3 is 12.0 Å². The predicted octanol–water partition coefficient (Wildman–Crippen LogP) is 2.61. The second kappa shape index (κ2) is 6.33. The molecule has 108 valence electrons. The third-order valence-electron chi connectivity index (χ3n) is 3.13. The van der Waals surface area contributed by atoms with E-state index in [1.54, 1.807) is 23.1 Å². The van der Waals surface area contributed by atoms with Gasteiger partial charge in [-0.2, -0.15) is 0 Å². The molecule has 0 bridgehead atoms. The van der Waals surface area contributed by atoms with Gasteiger partial charge in [0.05, 0.1) is 16.5 Å². The first-order valence-electron chi connectivity index (χ1n) is 6.14. The second-order valence-electron chi connectivity index (χ2n) is 4.78. The molecule has 1 aliphatic rings. The van der Waals surface area contributed by atoms with Gasteiger partial charge < -0.3 is 15.3 Å². The molecule has 0 radical (unpaired) electrons. The van der Waals surface area contributed by atoms with E-state index in [2.05, 4.69) is 5.32 Å². The van der Waals surface area contributed by atoms with Crippen molar-refractivity contribution in [3.05, 3.63) is 33.8 Å². The smallest absolute Gasteiger partial charge is 0.317 e. The van der Waals surface area contributed by atoms with Crippen molar-refractivity contribution in [3.8, 4) is 0 Å². The number of nitrogens with zero attached hydrogens (tertiary/aromatic N) is 1. The van der Waals surface area contributed by atoms with E-state index in [9.17, 15) is 9.59 Å². The van der Waals surface area contributed by atoms with Crippen LogP contribution in [0.4, 0.5) is 4.79 Å². The molecule has 1 unspecified atom stereocenters. The van der Waals surface area contributed by atoms with Crippen molar-refractivity contribution in [3.63, 3.8) is 0 Å². The number of carboxylic acids is 1. The number of hydrogen-bond acceptors (Lipinski definition) is 2. The lowest BCUT2D eigenvalue weighted by atomic mass is 10.0. The fraction of sp³-hybridized carbons (Fsp3) is 0.385. The number of benzene rings is 1. The molecule has 0 aromatic heterocycles. The Morgan fingerprint density at radius 1 is 1.40 bits per heavy atom. The van der Waals surface area contributed by atoms with Crippen LogP contribution >= 0.6 is 23.2 Å². The summed E-state index contributed by atoms with van der Waals surface area (Å²) in [6, 6.07) is 4.98. The van der Waals surface area contributed by atoms with Gasteiger partial charge in [-0.05, 0) is 17.7 Å². The Hall–Kier alpha value is -1.46. The van der Waals surface area contributed by atoms with Gasteiger partial charge in [-0.3, -0.25) is 4.79 Å². The molecule has 2 amide bonds. The molecule has 20 heavy (non-hydrogen) atoms. The van der Waals surface area contributed by atoms with Gasteiger partial charge in [0.2, 0.25) is 0 Å². The van der Waals surface area contributed by atoms with Crippen LogP contribution in [0.5, 0.6) is 0 Å². The average molecular weight is 317 g/mol. The van der Waals surface area contributed by atoms with Crippen molar-refractivity contribution in [2.75, 3.05) is 13.1 Å². The number of carbonyl (C=O) groups is 2. The van der Waals surface area contributed by atoms with Crippen molar-refractivity contribution < 1.29 is 14.7 Å². The molecular formula is C13H14Cl2N2O3. The molecule has 1 aromatic carbocycles. The van der Waals surface area contributed by atoms with Crippen LogP contribution in [0.15, 0.2) is 18.2 Å². The number of hydrogen-bond donors (Lipinski definition) is 2. The minimum absolute atomic E-state index is 0.0398. The van der Waals surface area contributed by atoms with Crippen LogP contribution in [0.2, 0.25) is 10.0 Å². The number of carboxylic acid groups (broad SMARTS) is 1. The molecule has 1 atom stereocenters. The lowest BCUT2D eigenvalue weighted by Crippen LogP contribution is -2.50. The Morgan fingerprint density at radius 2 is 2.15 bits per heavy atom. The topological polar surface area (TPSA) is 69.6 Å². The van der Waals surface area contributed by atoms with E-state index < -0.39 is 5.97 Å². The standard InChI is InChI=1S/C13H14Cl2N2O3/c14-10-2-1-8(3-11(10)15)6-17-7-9(4-12(18)19)5-16-13(17)20/h1-3,9H,4-7H2,(H,16,20)(H,18,19). The Labute approximate surface area is 126 Å². The molecular weight excluding hydrogens is 303 g/mol. The van der Waals surface area contributed by atoms with E-state index >= 15 is 0 Å². The van der Waals surface area contributed by atoms with Gasteiger partial charge in [0.1, 0.15) is 0 Å². The summed E-state index contributed by atoms with van der Waals surface area (Å²) in [7, 11) is 0. The number of rotatable bonds is 4. The van der Waals surface area contributed by atoms with Gasteiger partial charge in [-0.25, -0.2) is 4.79 Å². The summed E-state index contributed by atoms with van der Waals surface area (Å²) in [6.07, 6.45) is 0.0398. The lowest BCUT2D eigenvalue weighted by molar-refractivity contribution is -0.138. The van der Waals surface area contributed by atoms with Crippen LogP contribution < -0.4 is 5.32 Å². The molecule has 0 spiro atoms. The molecule has 0 aliphatic carbocycles. The molecule has 7 heteroatoms. The second-order valence-corrected chi connectivity index (χ2v) is 5.59. The fourth-order valence-electron chi connectivity index (χ4n) is 2.18. The molecule has 5 nitrogen and oxygen atoms in total. The summed E-state index contributed by atoms with van der Waals surface area (Å²) in [6.45, 7) is 1.18. The molecule has 0 saturated carbocycles. The molecule has 1 saturated heterocycles. The molecule has 1 aromatic rings. The summed E-state index contributed by atoms with van der Waals surface area (Å²) >= 11 is 11.8. The highest BCUT2D eigenvalue weighted by Gasteiger charge is 2.26. The third-order valence-corrected chi connectivity index (χ3v) is 3.87. The minimum Gasteiger partial charge on any atom is -0.481 e. The minimum atomic E-state index is -0.861. The Kier molecular flexibility index (Phi) is 4.73. The SMILES string of the molecule is O=C(O)CC1CNC(=O)N(Cc2ccc(Cl)c(Cl)c2)C1. The zero-order valence-electron chi connectivity index (χ0n) is 10.6. The van der Waals surface area contributed by atoms with Crippen molar-refractivity contribution in [1.29, 1.82) is 0 Å². The summed E-state index contributed by atoms with van der Waals surface area (Å²) in [5.41, 5.74) is 0.852. The van der Waals surface area contributed by atoms with Crippen LogP contribution in [-0.4, -0.2) is 35.1 Å². The first-order chi connectivity index (χ1) is 9.45. The summed E-state index contributed by atoms with van der Waals surface area (Å²) in [4.78, 5) is 24.1. The highest BCUT2D eigenvalue weighted by atomic mass is 35.5. The van der Waals surface area contributed by atoms with Gasteiger partial charge in [0.25, 0.3) is 0 Å². The van der Waals surface area contributed by atoms with E-state index in [0.717, 1.165) is 5.56 Å². The number of aliphatic carboxylic acids is 1. The molecule has 2 rings (SSSR count). The summed E-state index contributed by atoms with van der Waals surface area (Å²) < 4.78 is 0. The Morgan fingerprint density at radius 3 is 2.80 bits per heavy atom. The Balaban J connectivity index is 2.04. The van der Waals surface area contributed by atoms with Crippen LogP contribution in [0.25, 0.3) is 0 Å². The zero-order chi connectivity index (χ0) is 14.7. The number of carbonyl (C=O) groups excluding carboxylic acids is 1. The predicted molar refractivity (Wildman–Crippen MR) is 76.0 cm³/mol. The van der Waals surface area contributed by atoms with E-state index in [0.29, 0.717) is 29.7 Å². The summed E-state index contributed by atoms with van der Waals surface area (Å²) in [5, 5.41) is 12.4. The maximum Gasteiger partial charge on any atom is 0.317 e. The third kappa shape index (κ3) is 3.77. The van der Waals surface area contributed by atoms with Crippen molar-refractivity contribution in [1.82, 2.24) is 10.2 Å². The van der Waals surface area contributed by atoms with Crippen LogP contribution in [0, 0.1) is 5.92 Å². The van der Waals surface area contributed by atoms with E-state index in [1.807, 2.05) is 0 Å². The maximum absolute atomic E-state index is 11.8. The molecule has 2 N–H and O–H groups in total. The van der Waals surface area contributed by atoms with E-state index in [4.69, 9.17) is 28.3 Å². The number of urea groups is 1. The molecule has 1 heterocycles. The quantitative estimate of drug-likeness (QED) is 0.897.